The van der Waals surface area contributed by atoms with Gasteiger partial charge in [-0.1, -0.05) is 0 Å². The van der Waals surface area contributed by atoms with Crippen LogP contribution in [-0.2, 0) is 4.79 Å². The van der Waals surface area contributed by atoms with E-state index >= 15 is 0 Å². The summed E-state index contributed by atoms with van der Waals surface area (Å²) in [6, 6.07) is 5.03. The van der Waals surface area contributed by atoms with Gasteiger partial charge in [-0.15, -0.1) is 0 Å². The minimum absolute atomic E-state index is 0.129. The highest BCUT2D eigenvalue weighted by Gasteiger charge is 2.04. The second-order valence-corrected chi connectivity index (χ2v) is 2.22. The first-order valence-corrected chi connectivity index (χ1v) is 3.50. The van der Waals surface area contributed by atoms with Gasteiger partial charge in [-0.2, -0.15) is 5.26 Å². The van der Waals surface area contributed by atoms with Crippen molar-refractivity contribution < 1.29 is 9.53 Å². The molecular formula is C8H7N3O2. The van der Waals surface area contributed by atoms with Gasteiger partial charge in [0.15, 0.2) is 6.61 Å². The third-order valence-electron chi connectivity index (χ3n) is 1.24. The predicted molar refractivity (Wildman–Crippen MR) is 43.6 cm³/mol. The summed E-state index contributed by atoms with van der Waals surface area (Å²) < 4.78 is 4.88. The molecule has 0 aliphatic rings. The zero-order valence-electron chi connectivity index (χ0n) is 6.73. The maximum atomic E-state index is 10.4. The molecule has 1 rings (SSSR count). The first-order chi connectivity index (χ1) is 6.24. The van der Waals surface area contributed by atoms with Crippen molar-refractivity contribution in [2.24, 2.45) is 5.73 Å². The minimum atomic E-state index is -0.602. The topological polar surface area (TPSA) is 89.0 Å². The molecule has 1 heterocycles. The molecule has 0 spiro atoms. The van der Waals surface area contributed by atoms with Crippen LogP contribution in [0.2, 0.25) is 0 Å². The fourth-order valence-corrected chi connectivity index (χ4v) is 0.730. The Morgan fingerprint density at radius 3 is 3.15 bits per heavy atom. The Morgan fingerprint density at radius 2 is 2.54 bits per heavy atom. The highest BCUT2D eigenvalue weighted by molar-refractivity contribution is 5.75. The molecule has 0 aliphatic heterocycles. The molecule has 1 aromatic heterocycles. The van der Waals surface area contributed by atoms with Crippen LogP contribution in [0.5, 0.6) is 5.88 Å². The smallest absolute Gasteiger partial charge is 0.255 e. The standard InChI is InChI=1S/C8H7N3O2/c9-4-6-2-1-3-11-8(6)13-5-7(10)12/h1-3H,5H2,(H2,10,12). The first kappa shape index (κ1) is 9.00. The van der Waals surface area contributed by atoms with E-state index in [1.54, 1.807) is 12.1 Å². The fourth-order valence-electron chi connectivity index (χ4n) is 0.730. The number of nitrogens with zero attached hydrogens (tertiary/aromatic N) is 2. The number of hydrogen-bond donors (Lipinski definition) is 1. The van der Waals surface area contributed by atoms with Crippen LogP contribution in [0.15, 0.2) is 18.3 Å². The zero-order valence-corrected chi connectivity index (χ0v) is 6.73. The largest absolute Gasteiger partial charge is 0.467 e. The first-order valence-electron chi connectivity index (χ1n) is 3.50. The number of amides is 1. The monoisotopic (exact) mass is 177 g/mol. The van der Waals surface area contributed by atoms with E-state index < -0.39 is 5.91 Å². The third kappa shape index (κ3) is 2.45. The summed E-state index contributed by atoms with van der Waals surface area (Å²) in [5.74, 6) is -0.474. The molecule has 5 heteroatoms. The Kier molecular flexibility index (Phi) is 2.82. The second-order valence-electron chi connectivity index (χ2n) is 2.22. The summed E-state index contributed by atoms with van der Waals surface area (Å²) in [5.41, 5.74) is 5.14. The number of nitriles is 1. The van der Waals surface area contributed by atoms with Crippen molar-refractivity contribution in [3.05, 3.63) is 23.9 Å². The molecule has 1 amide bonds. The van der Waals surface area contributed by atoms with Gasteiger partial charge in [-0.3, -0.25) is 4.79 Å². The number of carbonyl (C=O) groups is 1. The van der Waals surface area contributed by atoms with Crippen molar-refractivity contribution in [1.82, 2.24) is 4.98 Å². The van der Waals surface area contributed by atoms with Crippen LogP contribution in [0.3, 0.4) is 0 Å². The molecule has 0 bridgehead atoms. The van der Waals surface area contributed by atoms with Crippen LogP contribution < -0.4 is 10.5 Å². The van der Waals surface area contributed by atoms with Gasteiger partial charge in [0.1, 0.15) is 11.6 Å². The SMILES string of the molecule is N#Cc1cccnc1OCC(N)=O. The van der Waals surface area contributed by atoms with Gasteiger partial charge in [0.05, 0.1) is 0 Å². The van der Waals surface area contributed by atoms with Gasteiger partial charge in [0.2, 0.25) is 5.88 Å². The molecule has 1 aromatic rings. The van der Waals surface area contributed by atoms with E-state index in [-0.39, 0.29) is 18.1 Å². The molecular weight excluding hydrogens is 170 g/mol. The maximum absolute atomic E-state index is 10.4. The van der Waals surface area contributed by atoms with Gasteiger partial charge in [0.25, 0.3) is 5.91 Å². The summed E-state index contributed by atoms with van der Waals surface area (Å²) >= 11 is 0. The van der Waals surface area contributed by atoms with Crippen LogP contribution in [-0.4, -0.2) is 17.5 Å². The number of rotatable bonds is 3. The lowest BCUT2D eigenvalue weighted by Crippen LogP contribution is -2.20. The van der Waals surface area contributed by atoms with Gasteiger partial charge >= 0.3 is 0 Å². The molecule has 0 atom stereocenters. The Hall–Kier alpha value is -2.09. The normalized spacial score (nSPS) is 8.85. The number of hydrogen-bond acceptors (Lipinski definition) is 4. The van der Waals surface area contributed by atoms with Crippen molar-refractivity contribution >= 4 is 5.91 Å². The molecule has 0 aliphatic carbocycles. The molecule has 0 radical (unpaired) electrons. The van der Waals surface area contributed by atoms with Crippen LogP contribution in [0.4, 0.5) is 0 Å². The van der Waals surface area contributed by atoms with Crippen molar-refractivity contribution in [2.75, 3.05) is 6.61 Å². The van der Waals surface area contributed by atoms with Crippen LogP contribution in [0.25, 0.3) is 0 Å². The summed E-state index contributed by atoms with van der Waals surface area (Å²) in [7, 11) is 0. The average Bonchev–Trinajstić information content (AvgIpc) is 2.15. The van der Waals surface area contributed by atoms with Crippen molar-refractivity contribution in [1.29, 1.82) is 5.26 Å². The summed E-state index contributed by atoms with van der Waals surface area (Å²) in [6.45, 7) is -0.272. The summed E-state index contributed by atoms with van der Waals surface area (Å²) in [5, 5.41) is 8.60. The van der Waals surface area contributed by atoms with E-state index in [0.717, 1.165) is 0 Å². The Labute approximate surface area is 74.8 Å². The predicted octanol–water partition coefficient (Wildman–Crippen LogP) is -0.183. The summed E-state index contributed by atoms with van der Waals surface area (Å²) in [6.07, 6.45) is 1.47. The number of aromatic nitrogens is 1. The van der Waals surface area contributed by atoms with Crippen molar-refractivity contribution in [3.8, 4) is 11.9 Å². The Balaban J connectivity index is 2.77. The van der Waals surface area contributed by atoms with E-state index in [2.05, 4.69) is 4.98 Å². The zero-order chi connectivity index (χ0) is 9.68. The van der Waals surface area contributed by atoms with Gasteiger partial charge < -0.3 is 10.5 Å². The molecule has 0 saturated heterocycles. The van der Waals surface area contributed by atoms with Gasteiger partial charge in [-0.05, 0) is 12.1 Å². The molecule has 0 fully saturated rings. The van der Waals surface area contributed by atoms with Gasteiger partial charge in [0, 0.05) is 6.20 Å². The molecule has 0 aromatic carbocycles. The number of ether oxygens (including phenoxy) is 1. The van der Waals surface area contributed by atoms with E-state index in [1.807, 2.05) is 6.07 Å². The average molecular weight is 177 g/mol. The lowest BCUT2D eigenvalue weighted by Gasteiger charge is -2.02. The van der Waals surface area contributed by atoms with Crippen LogP contribution in [0.1, 0.15) is 5.56 Å². The maximum Gasteiger partial charge on any atom is 0.255 e. The van der Waals surface area contributed by atoms with Gasteiger partial charge in [-0.25, -0.2) is 4.98 Å². The summed E-state index contributed by atoms with van der Waals surface area (Å²) in [4.78, 5) is 14.1. The van der Waals surface area contributed by atoms with Crippen LogP contribution in [0, 0.1) is 11.3 Å². The number of nitrogens with two attached hydrogens (primary N) is 1. The second kappa shape index (κ2) is 4.07. The highest BCUT2D eigenvalue weighted by Crippen LogP contribution is 2.11. The molecule has 2 N–H and O–H groups in total. The van der Waals surface area contributed by atoms with E-state index in [1.165, 1.54) is 6.20 Å². The Bertz CT molecular complexity index is 357. The quantitative estimate of drug-likeness (QED) is 0.693. The highest BCUT2D eigenvalue weighted by atomic mass is 16.5. The molecule has 5 nitrogen and oxygen atoms in total. The van der Waals surface area contributed by atoms with E-state index in [0.29, 0.717) is 0 Å². The number of pyridine rings is 1. The van der Waals surface area contributed by atoms with E-state index in [9.17, 15) is 4.79 Å². The van der Waals surface area contributed by atoms with Crippen molar-refractivity contribution in [3.63, 3.8) is 0 Å². The van der Waals surface area contributed by atoms with E-state index in [4.69, 9.17) is 15.7 Å². The molecule has 13 heavy (non-hydrogen) atoms. The minimum Gasteiger partial charge on any atom is -0.467 e. The fraction of sp³-hybridized carbons (Fsp3) is 0.125. The number of carbonyl (C=O) groups excluding carboxylic acids is 1. The number of primary amides is 1. The lowest BCUT2D eigenvalue weighted by molar-refractivity contribution is -0.120. The van der Waals surface area contributed by atoms with Crippen LogP contribution >= 0.6 is 0 Å². The van der Waals surface area contributed by atoms with Crippen molar-refractivity contribution in [2.45, 2.75) is 0 Å². The molecule has 66 valence electrons. The molecule has 0 unspecified atom stereocenters. The lowest BCUT2D eigenvalue weighted by atomic mass is 10.3. The molecule has 0 saturated carbocycles. The Morgan fingerprint density at radius 1 is 1.77 bits per heavy atom. The third-order valence-corrected chi connectivity index (χ3v) is 1.24.